The molecule has 0 saturated carbocycles. The van der Waals surface area contributed by atoms with Crippen LogP contribution in [-0.2, 0) is 9.84 Å². The van der Waals surface area contributed by atoms with Crippen molar-refractivity contribution in [2.24, 2.45) is 16.5 Å². The van der Waals surface area contributed by atoms with E-state index in [1.165, 1.54) is 24.3 Å². The first-order valence-corrected chi connectivity index (χ1v) is 8.90. The van der Waals surface area contributed by atoms with Gasteiger partial charge in [0, 0.05) is 11.8 Å². The third-order valence-electron chi connectivity index (χ3n) is 3.21. The monoisotopic (exact) mass is 365 g/mol. The Labute approximate surface area is 144 Å². The molecule has 1 amide bonds. The summed E-state index contributed by atoms with van der Waals surface area (Å²) < 4.78 is 43.3. The maximum Gasteiger partial charge on any atom is 0.280 e. The van der Waals surface area contributed by atoms with Crippen LogP contribution >= 0.6 is 0 Å². The molecule has 0 fully saturated rings. The topological polar surface area (TPSA) is 125 Å². The lowest BCUT2D eigenvalue weighted by molar-refractivity contribution is 0.100. The maximum absolute atomic E-state index is 13.8. The summed E-state index contributed by atoms with van der Waals surface area (Å²) in [5.74, 6) is -2.14. The Morgan fingerprint density at radius 1 is 1.16 bits per heavy atom. The minimum Gasteiger partial charge on any atom is -0.453 e. The number of halogens is 1. The van der Waals surface area contributed by atoms with E-state index in [1.54, 1.807) is 13.0 Å². The zero-order valence-electron chi connectivity index (χ0n) is 13.5. The van der Waals surface area contributed by atoms with Gasteiger partial charge in [0.1, 0.15) is 10.6 Å². The van der Waals surface area contributed by atoms with E-state index in [2.05, 4.69) is 4.99 Å². The number of benzene rings is 2. The molecule has 0 bridgehead atoms. The summed E-state index contributed by atoms with van der Waals surface area (Å²) in [7, 11) is -3.78. The molecular formula is C16H16FN3O4S. The van der Waals surface area contributed by atoms with Crippen molar-refractivity contribution >= 4 is 21.7 Å². The van der Waals surface area contributed by atoms with Gasteiger partial charge in [-0.15, -0.1) is 0 Å². The lowest BCUT2D eigenvalue weighted by atomic mass is 10.1. The molecule has 0 aliphatic carbocycles. The van der Waals surface area contributed by atoms with Gasteiger partial charge in [-0.25, -0.2) is 12.8 Å². The van der Waals surface area contributed by atoms with Crippen molar-refractivity contribution < 1.29 is 22.3 Å². The summed E-state index contributed by atoms with van der Waals surface area (Å²) >= 11 is 0. The Morgan fingerprint density at radius 3 is 2.36 bits per heavy atom. The van der Waals surface area contributed by atoms with E-state index < -0.39 is 27.5 Å². The Bertz CT molecular complexity index is 967. The zero-order valence-corrected chi connectivity index (χ0v) is 14.3. The van der Waals surface area contributed by atoms with Crippen molar-refractivity contribution in [2.45, 2.75) is 11.8 Å². The SMILES string of the molecule is Cc1cc(Oc2ccccc2F)c(S(C)(=O)=O)cc1C(=O)N=C(N)N. The highest BCUT2D eigenvalue weighted by Gasteiger charge is 2.21. The molecule has 2 aromatic carbocycles. The van der Waals surface area contributed by atoms with Gasteiger partial charge in [0.15, 0.2) is 27.4 Å². The maximum atomic E-state index is 13.8. The van der Waals surface area contributed by atoms with Crippen molar-refractivity contribution in [3.05, 3.63) is 53.3 Å². The Morgan fingerprint density at radius 2 is 1.80 bits per heavy atom. The van der Waals surface area contributed by atoms with Crippen molar-refractivity contribution in [1.82, 2.24) is 0 Å². The van der Waals surface area contributed by atoms with Gasteiger partial charge in [-0.2, -0.15) is 4.99 Å². The van der Waals surface area contributed by atoms with Gasteiger partial charge in [-0.05, 0) is 36.8 Å². The fourth-order valence-electron chi connectivity index (χ4n) is 2.08. The van der Waals surface area contributed by atoms with Crippen molar-refractivity contribution in [1.29, 1.82) is 0 Å². The second kappa shape index (κ2) is 6.89. The van der Waals surface area contributed by atoms with Crippen LogP contribution in [0.25, 0.3) is 0 Å². The fraction of sp³-hybridized carbons (Fsp3) is 0.125. The van der Waals surface area contributed by atoms with Crippen LogP contribution in [0.1, 0.15) is 15.9 Å². The lowest BCUT2D eigenvalue weighted by Gasteiger charge is -2.13. The van der Waals surface area contributed by atoms with Crippen LogP contribution in [-0.4, -0.2) is 26.5 Å². The van der Waals surface area contributed by atoms with Crippen LogP contribution in [0.4, 0.5) is 4.39 Å². The van der Waals surface area contributed by atoms with E-state index >= 15 is 0 Å². The van der Waals surface area contributed by atoms with Crippen LogP contribution in [0.15, 0.2) is 46.3 Å². The molecule has 0 atom stereocenters. The number of hydrogen-bond donors (Lipinski definition) is 2. The largest absolute Gasteiger partial charge is 0.453 e. The van der Waals surface area contributed by atoms with Crippen molar-refractivity contribution in [3.8, 4) is 11.5 Å². The molecule has 25 heavy (non-hydrogen) atoms. The average molecular weight is 365 g/mol. The molecule has 132 valence electrons. The molecule has 0 aromatic heterocycles. The number of para-hydroxylation sites is 1. The number of nitrogens with two attached hydrogens (primary N) is 2. The Kier molecular flexibility index (Phi) is 5.07. The third kappa shape index (κ3) is 4.32. The number of ether oxygens (including phenoxy) is 1. The molecule has 4 N–H and O–H groups in total. The van der Waals surface area contributed by atoms with Gasteiger partial charge in [-0.1, -0.05) is 12.1 Å². The molecule has 0 aliphatic rings. The van der Waals surface area contributed by atoms with Crippen molar-refractivity contribution in [2.75, 3.05) is 6.26 Å². The van der Waals surface area contributed by atoms with E-state index in [0.29, 0.717) is 5.56 Å². The predicted octanol–water partition coefficient (Wildman–Crippen LogP) is 1.74. The van der Waals surface area contributed by atoms with Crippen LogP contribution < -0.4 is 16.2 Å². The second-order valence-electron chi connectivity index (χ2n) is 5.26. The number of amides is 1. The second-order valence-corrected chi connectivity index (χ2v) is 7.24. The quantitative estimate of drug-likeness (QED) is 0.628. The highest BCUT2D eigenvalue weighted by Crippen LogP contribution is 2.33. The van der Waals surface area contributed by atoms with Gasteiger partial charge in [0.05, 0.1) is 0 Å². The summed E-state index contributed by atoms with van der Waals surface area (Å²) in [6.45, 7) is 1.55. The summed E-state index contributed by atoms with van der Waals surface area (Å²) in [5, 5.41) is 0. The van der Waals surface area contributed by atoms with Gasteiger partial charge < -0.3 is 16.2 Å². The summed E-state index contributed by atoms with van der Waals surface area (Å²) in [5.41, 5.74) is 10.7. The number of carbonyl (C=O) groups is 1. The Balaban J connectivity index is 2.62. The molecule has 9 heteroatoms. The molecular weight excluding hydrogens is 349 g/mol. The van der Waals surface area contributed by atoms with E-state index in [0.717, 1.165) is 12.3 Å². The summed E-state index contributed by atoms with van der Waals surface area (Å²) in [4.78, 5) is 15.2. The fourth-order valence-corrected chi connectivity index (χ4v) is 2.88. The Hall–Kier alpha value is -2.94. The highest BCUT2D eigenvalue weighted by molar-refractivity contribution is 7.90. The van der Waals surface area contributed by atoms with Crippen LogP contribution in [0.3, 0.4) is 0 Å². The van der Waals surface area contributed by atoms with Gasteiger partial charge in [0.25, 0.3) is 5.91 Å². The smallest absolute Gasteiger partial charge is 0.280 e. The van der Waals surface area contributed by atoms with Crippen LogP contribution in [0.5, 0.6) is 11.5 Å². The number of rotatable bonds is 4. The highest BCUT2D eigenvalue weighted by atomic mass is 32.2. The van der Waals surface area contributed by atoms with E-state index in [1.807, 2.05) is 0 Å². The number of aryl methyl sites for hydroxylation is 1. The number of nitrogens with zero attached hydrogens (tertiary/aromatic N) is 1. The number of carbonyl (C=O) groups excluding carboxylic acids is 1. The molecule has 0 radical (unpaired) electrons. The average Bonchev–Trinajstić information content (AvgIpc) is 2.47. The molecule has 0 aliphatic heterocycles. The van der Waals surface area contributed by atoms with E-state index in [9.17, 15) is 17.6 Å². The molecule has 7 nitrogen and oxygen atoms in total. The van der Waals surface area contributed by atoms with Crippen LogP contribution in [0, 0.1) is 12.7 Å². The van der Waals surface area contributed by atoms with Gasteiger partial charge in [-0.3, -0.25) is 4.79 Å². The summed E-state index contributed by atoms with van der Waals surface area (Å²) in [6, 6.07) is 7.98. The van der Waals surface area contributed by atoms with Crippen molar-refractivity contribution in [3.63, 3.8) is 0 Å². The standard InChI is InChI=1S/C16H16FN3O4S/c1-9-7-13(24-12-6-4-3-5-11(12)17)14(25(2,22)23)8-10(9)15(21)20-16(18)19/h3-8H,1-2H3,(H4,18,19,20,21). The first-order chi connectivity index (χ1) is 11.6. The van der Waals surface area contributed by atoms with Gasteiger partial charge in [0.2, 0.25) is 0 Å². The molecule has 2 rings (SSSR count). The number of hydrogen-bond acceptors (Lipinski definition) is 4. The van der Waals surface area contributed by atoms with Gasteiger partial charge >= 0.3 is 0 Å². The number of aliphatic imine (C=N–C) groups is 1. The first kappa shape index (κ1) is 18.4. The molecule has 0 unspecified atom stereocenters. The molecule has 0 saturated heterocycles. The minimum atomic E-state index is -3.78. The minimum absolute atomic E-state index is 0.00490. The number of guanidine groups is 1. The number of sulfone groups is 1. The van der Waals surface area contributed by atoms with E-state index in [-0.39, 0.29) is 22.0 Å². The predicted molar refractivity (Wildman–Crippen MR) is 90.9 cm³/mol. The first-order valence-electron chi connectivity index (χ1n) is 7.00. The lowest BCUT2D eigenvalue weighted by Crippen LogP contribution is -2.24. The zero-order chi connectivity index (χ0) is 18.8. The third-order valence-corrected chi connectivity index (χ3v) is 4.33. The summed E-state index contributed by atoms with van der Waals surface area (Å²) in [6.07, 6.45) is 0.945. The van der Waals surface area contributed by atoms with Crippen LogP contribution in [0.2, 0.25) is 0 Å². The van der Waals surface area contributed by atoms with E-state index in [4.69, 9.17) is 16.2 Å². The molecule has 0 heterocycles. The molecule has 0 spiro atoms. The molecule has 2 aromatic rings. The normalized spacial score (nSPS) is 11.0.